The Hall–Kier alpha value is -2.12. The van der Waals surface area contributed by atoms with E-state index in [0.717, 1.165) is 5.56 Å². The molecule has 0 heterocycles. The first kappa shape index (κ1) is 12.9. The average molecular weight is 230 g/mol. The molecule has 17 heavy (non-hydrogen) atoms. The van der Waals surface area contributed by atoms with Gasteiger partial charge in [0.05, 0.1) is 18.2 Å². The van der Waals surface area contributed by atoms with Gasteiger partial charge in [-0.25, -0.2) is 0 Å². The fourth-order valence-corrected chi connectivity index (χ4v) is 1.24. The number of carbonyl (C=O) groups excluding carboxylic acids is 1. The van der Waals surface area contributed by atoms with Crippen LogP contribution < -0.4 is 5.32 Å². The van der Waals surface area contributed by atoms with Crippen LogP contribution in [0.15, 0.2) is 30.3 Å². The Labute approximate surface area is 101 Å². The van der Waals surface area contributed by atoms with Crippen LogP contribution in [0.3, 0.4) is 0 Å². The molecule has 0 aliphatic carbocycles. The molecule has 0 saturated heterocycles. The van der Waals surface area contributed by atoms with Gasteiger partial charge in [-0.1, -0.05) is 18.2 Å². The van der Waals surface area contributed by atoms with Crippen LogP contribution in [0.1, 0.15) is 11.1 Å². The van der Waals surface area contributed by atoms with Crippen molar-refractivity contribution in [3.05, 3.63) is 41.5 Å². The second-order valence-electron chi connectivity index (χ2n) is 3.32. The summed E-state index contributed by atoms with van der Waals surface area (Å²) in [5.74, 6) is -0.199. The normalized spacial score (nSPS) is 10.1. The third-order valence-electron chi connectivity index (χ3n) is 2.10. The number of benzene rings is 1. The summed E-state index contributed by atoms with van der Waals surface area (Å²) in [4.78, 5) is 11.4. The van der Waals surface area contributed by atoms with E-state index >= 15 is 0 Å². The molecule has 88 valence electrons. The predicted molar refractivity (Wildman–Crippen MR) is 65.1 cm³/mol. The maximum absolute atomic E-state index is 11.4. The second-order valence-corrected chi connectivity index (χ2v) is 3.32. The van der Waals surface area contributed by atoms with Gasteiger partial charge in [0.1, 0.15) is 0 Å². The van der Waals surface area contributed by atoms with E-state index in [1.165, 1.54) is 6.08 Å². The Bertz CT molecular complexity index is 447. The molecule has 0 bridgehead atoms. The largest absolute Gasteiger partial charge is 0.383 e. The number of carbonyl (C=O) groups is 1. The standard InChI is InChI=1S/C13H14N2O2/c1-17-9-8-15-13(16)7-6-11-4-2-3-5-12(11)10-14/h2-7H,8-9H2,1H3,(H,15,16)/b7-6+. The smallest absolute Gasteiger partial charge is 0.244 e. The first-order chi connectivity index (χ1) is 8.27. The fourth-order valence-electron chi connectivity index (χ4n) is 1.24. The lowest BCUT2D eigenvalue weighted by molar-refractivity contribution is -0.116. The van der Waals surface area contributed by atoms with Crippen molar-refractivity contribution < 1.29 is 9.53 Å². The zero-order valence-corrected chi connectivity index (χ0v) is 9.64. The Balaban J connectivity index is 2.58. The molecule has 0 fully saturated rings. The summed E-state index contributed by atoms with van der Waals surface area (Å²) >= 11 is 0. The van der Waals surface area contributed by atoms with Gasteiger partial charge in [-0.3, -0.25) is 4.79 Å². The molecule has 1 aromatic carbocycles. The van der Waals surface area contributed by atoms with Gasteiger partial charge < -0.3 is 10.1 Å². The molecule has 1 aromatic rings. The maximum Gasteiger partial charge on any atom is 0.244 e. The van der Waals surface area contributed by atoms with Gasteiger partial charge in [0.2, 0.25) is 5.91 Å². The van der Waals surface area contributed by atoms with Crippen LogP contribution >= 0.6 is 0 Å². The molecular formula is C13H14N2O2. The molecule has 0 aliphatic heterocycles. The van der Waals surface area contributed by atoms with Gasteiger partial charge in [0, 0.05) is 19.7 Å². The lowest BCUT2D eigenvalue weighted by Crippen LogP contribution is -2.24. The summed E-state index contributed by atoms with van der Waals surface area (Å²) in [6.45, 7) is 0.952. The van der Waals surface area contributed by atoms with E-state index in [4.69, 9.17) is 10.00 Å². The Morgan fingerprint density at radius 2 is 2.29 bits per heavy atom. The molecule has 0 aromatic heterocycles. The number of amides is 1. The van der Waals surface area contributed by atoms with Crippen LogP contribution in [-0.2, 0) is 9.53 Å². The molecule has 0 saturated carbocycles. The van der Waals surface area contributed by atoms with Gasteiger partial charge in [-0.15, -0.1) is 0 Å². The minimum Gasteiger partial charge on any atom is -0.383 e. The zero-order valence-electron chi connectivity index (χ0n) is 9.64. The lowest BCUT2D eigenvalue weighted by atomic mass is 10.1. The molecule has 0 spiro atoms. The number of hydrogen-bond donors (Lipinski definition) is 1. The SMILES string of the molecule is COCCNC(=O)/C=C/c1ccccc1C#N. The predicted octanol–water partition coefficient (Wildman–Crippen LogP) is 1.33. The molecule has 0 radical (unpaired) electrons. The van der Waals surface area contributed by atoms with Crippen LogP contribution in [0.5, 0.6) is 0 Å². The lowest BCUT2D eigenvalue weighted by Gasteiger charge is -2.00. The van der Waals surface area contributed by atoms with E-state index < -0.39 is 0 Å². The van der Waals surface area contributed by atoms with Gasteiger partial charge in [0.25, 0.3) is 0 Å². The van der Waals surface area contributed by atoms with Crippen molar-refractivity contribution in [3.63, 3.8) is 0 Å². The van der Waals surface area contributed by atoms with E-state index in [-0.39, 0.29) is 5.91 Å². The molecular weight excluding hydrogens is 216 g/mol. The topological polar surface area (TPSA) is 62.1 Å². The number of nitrogens with one attached hydrogen (secondary N) is 1. The van der Waals surface area contributed by atoms with Crippen molar-refractivity contribution in [3.8, 4) is 6.07 Å². The van der Waals surface area contributed by atoms with Gasteiger partial charge in [0.15, 0.2) is 0 Å². The molecule has 1 rings (SSSR count). The maximum atomic E-state index is 11.4. The summed E-state index contributed by atoms with van der Waals surface area (Å²) in [6, 6.07) is 9.18. The Morgan fingerprint density at radius 3 is 3.00 bits per heavy atom. The van der Waals surface area contributed by atoms with Crippen molar-refractivity contribution in [2.75, 3.05) is 20.3 Å². The quantitative estimate of drug-likeness (QED) is 0.613. The summed E-state index contributed by atoms with van der Waals surface area (Å²) in [5, 5.41) is 11.5. The highest BCUT2D eigenvalue weighted by Gasteiger charge is 1.98. The zero-order chi connectivity index (χ0) is 12.5. The van der Waals surface area contributed by atoms with E-state index in [0.29, 0.717) is 18.7 Å². The van der Waals surface area contributed by atoms with E-state index in [1.54, 1.807) is 31.4 Å². The first-order valence-corrected chi connectivity index (χ1v) is 5.22. The highest BCUT2D eigenvalue weighted by molar-refractivity contribution is 5.92. The molecule has 0 atom stereocenters. The Morgan fingerprint density at radius 1 is 1.53 bits per heavy atom. The summed E-state index contributed by atoms with van der Waals surface area (Å²) < 4.78 is 4.81. The van der Waals surface area contributed by atoms with Crippen molar-refractivity contribution >= 4 is 12.0 Å². The van der Waals surface area contributed by atoms with E-state index in [1.807, 2.05) is 6.07 Å². The molecule has 0 aliphatic rings. The van der Waals surface area contributed by atoms with Crippen molar-refractivity contribution in [2.24, 2.45) is 0 Å². The molecule has 4 heteroatoms. The summed E-state index contributed by atoms with van der Waals surface area (Å²) in [7, 11) is 1.57. The van der Waals surface area contributed by atoms with Crippen molar-refractivity contribution in [1.29, 1.82) is 5.26 Å². The number of methoxy groups -OCH3 is 1. The summed E-state index contributed by atoms with van der Waals surface area (Å²) in [5.41, 5.74) is 1.28. The third-order valence-corrected chi connectivity index (χ3v) is 2.10. The van der Waals surface area contributed by atoms with Crippen LogP contribution in [0.2, 0.25) is 0 Å². The number of nitrogens with zero attached hydrogens (tertiary/aromatic N) is 1. The first-order valence-electron chi connectivity index (χ1n) is 5.22. The minimum absolute atomic E-state index is 0.199. The van der Waals surface area contributed by atoms with E-state index in [9.17, 15) is 4.79 Å². The third kappa shape index (κ3) is 4.49. The van der Waals surface area contributed by atoms with Crippen LogP contribution in [0.4, 0.5) is 0 Å². The molecule has 1 N–H and O–H groups in total. The van der Waals surface area contributed by atoms with Crippen LogP contribution in [0, 0.1) is 11.3 Å². The number of nitriles is 1. The molecule has 4 nitrogen and oxygen atoms in total. The highest BCUT2D eigenvalue weighted by atomic mass is 16.5. The van der Waals surface area contributed by atoms with Gasteiger partial charge in [-0.2, -0.15) is 5.26 Å². The monoisotopic (exact) mass is 230 g/mol. The number of rotatable bonds is 5. The number of hydrogen-bond acceptors (Lipinski definition) is 3. The highest BCUT2D eigenvalue weighted by Crippen LogP contribution is 2.08. The average Bonchev–Trinajstić information content (AvgIpc) is 2.37. The van der Waals surface area contributed by atoms with Crippen LogP contribution in [0.25, 0.3) is 6.08 Å². The fraction of sp³-hybridized carbons (Fsp3) is 0.231. The van der Waals surface area contributed by atoms with Gasteiger partial charge >= 0.3 is 0 Å². The van der Waals surface area contributed by atoms with Crippen molar-refractivity contribution in [2.45, 2.75) is 0 Å². The summed E-state index contributed by atoms with van der Waals surface area (Å²) in [6.07, 6.45) is 3.03. The molecule has 1 amide bonds. The molecule has 0 unspecified atom stereocenters. The number of ether oxygens (including phenoxy) is 1. The van der Waals surface area contributed by atoms with E-state index in [2.05, 4.69) is 11.4 Å². The second kappa shape index (κ2) is 7.20. The van der Waals surface area contributed by atoms with Gasteiger partial charge in [-0.05, 0) is 17.7 Å². The minimum atomic E-state index is -0.199. The van der Waals surface area contributed by atoms with Crippen LogP contribution in [-0.4, -0.2) is 26.2 Å². The Kier molecular flexibility index (Phi) is 5.49. The van der Waals surface area contributed by atoms with Crippen molar-refractivity contribution in [1.82, 2.24) is 5.32 Å².